The standard InChI is InChI=1S/C18H21N3O/c1-13-5-7-14(8-6-13)16-11-19-12-17(16)18(22)21-10-15-4-2-3-9-20-15/h2-9,16-17,19H,10-12H2,1H3,(H,21,22)/t16-,17-/m0/s1. The highest BCUT2D eigenvalue weighted by molar-refractivity contribution is 5.80. The fourth-order valence-electron chi connectivity index (χ4n) is 2.93. The molecule has 2 heterocycles. The summed E-state index contributed by atoms with van der Waals surface area (Å²) in [5.41, 5.74) is 3.35. The van der Waals surface area contributed by atoms with Gasteiger partial charge in [-0.3, -0.25) is 9.78 Å². The quantitative estimate of drug-likeness (QED) is 0.907. The fourth-order valence-corrected chi connectivity index (χ4v) is 2.93. The minimum absolute atomic E-state index is 0.0218. The number of hydrogen-bond donors (Lipinski definition) is 2. The van der Waals surface area contributed by atoms with Crippen molar-refractivity contribution in [3.05, 3.63) is 65.5 Å². The van der Waals surface area contributed by atoms with Gasteiger partial charge in [-0.15, -0.1) is 0 Å². The van der Waals surface area contributed by atoms with Crippen molar-refractivity contribution >= 4 is 5.91 Å². The highest BCUT2D eigenvalue weighted by atomic mass is 16.1. The van der Waals surface area contributed by atoms with Crippen LogP contribution in [0.1, 0.15) is 22.7 Å². The molecule has 1 amide bonds. The van der Waals surface area contributed by atoms with Gasteiger partial charge in [-0.1, -0.05) is 35.9 Å². The molecule has 1 aromatic heterocycles. The molecule has 1 fully saturated rings. The minimum atomic E-state index is -0.0218. The second-order valence-corrected chi connectivity index (χ2v) is 5.82. The zero-order valence-electron chi connectivity index (χ0n) is 12.8. The smallest absolute Gasteiger partial charge is 0.225 e. The van der Waals surface area contributed by atoms with Crippen LogP contribution in [-0.4, -0.2) is 24.0 Å². The maximum Gasteiger partial charge on any atom is 0.225 e. The first kappa shape index (κ1) is 14.7. The number of benzene rings is 1. The van der Waals surface area contributed by atoms with Crippen molar-refractivity contribution in [2.45, 2.75) is 19.4 Å². The second kappa shape index (κ2) is 6.71. The molecule has 1 aliphatic heterocycles. The van der Waals surface area contributed by atoms with Crippen molar-refractivity contribution in [3.63, 3.8) is 0 Å². The first-order chi connectivity index (χ1) is 10.7. The third-order valence-electron chi connectivity index (χ3n) is 4.23. The van der Waals surface area contributed by atoms with Crippen LogP contribution in [0.3, 0.4) is 0 Å². The number of amides is 1. The normalized spacial score (nSPS) is 20.8. The number of hydrogen-bond acceptors (Lipinski definition) is 3. The Hall–Kier alpha value is -2.20. The average Bonchev–Trinajstić information content (AvgIpc) is 3.04. The summed E-state index contributed by atoms with van der Waals surface area (Å²) in [4.78, 5) is 16.7. The van der Waals surface area contributed by atoms with E-state index in [0.29, 0.717) is 6.54 Å². The minimum Gasteiger partial charge on any atom is -0.350 e. The van der Waals surface area contributed by atoms with Crippen LogP contribution < -0.4 is 10.6 Å². The van der Waals surface area contributed by atoms with Crippen LogP contribution in [0, 0.1) is 12.8 Å². The van der Waals surface area contributed by atoms with Crippen molar-refractivity contribution in [1.29, 1.82) is 0 Å². The molecule has 2 aromatic rings. The Morgan fingerprint density at radius 2 is 2.05 bits per heavy atom. The van der Waals surface area contributed by atoms with Crippen LogP contribution in [0.25, 0.3) is 0 Å². The van der Waals surface area contributed by atoms with Crippen molar-refractivity contribution in [3.8, 4) is 0 Å². The van der Waals surface area contributed by atoms with E-state index in [1.165, 1.54) is 11.1 Å². The van der Waals surface area contributed by atoms with E-state index in [2.05, 4.69) is 46.8 Å². The molecule has 1 aromatic carbocycles. The van der Waals surface area contributed by atoms with E-state index in [0.717, 1.165) is 18.8 Å². The molecule has 1 aliphatic rings. The monoisotopic (exact) mass is 295 g/mol. The lowest BCUT2D eigenvalue weighted by Crippen LogP contribution is -2.34. The Morgan fingerprint density at radius 3 is 2.77 bits per heavy atom. The van der Waals surface area contributed by atoms with Gasteiger partial charge in [-0.05, 0) is 24.6 Å². The number of pyridine rings is 1. The van der Waals surface area contributed by atoms with E-state index in [1.54, 1.807) is 6.20 Å². The van der Waals surface area contributed by atoms with E-state index in [-0.39, 0.29) is 17.7 Å². The average molecular weight is 295 g/mol. The zero-order chi connectivity index (χ0) is 15.4. The second-order valence-electron chi connectivity index (χ2n) is 5.82. The van der Waals surface area contributed by atoms with Crippen LogP contribution in [0.15, 0.2) is 48.7 Å². The predicted octanol–water partition coefficient (Wildman–Crippen LogP) is 2.01. The number of carbonyl (C=O) groups excluding carboxylic acids is 1. The molecule has 114 valence electrons. The van der Waals surface area contributed by atoms with Crippen LogP contribution in [0.2, 0.25) is 0 Å². The number of nitrogens with zero attached hydrogens (tertiary/aromatic N) is 1. The maximum absolute atomic E-state index is 12.5. The topological polar surface area (TPSA) is 54.0 Å². The lowest BCUT2D eigenvalue weighted by molar-refractivity contribution is -0.125. The van der Waals surface area contributed by atoms with Gasteiger partial charge in [0.25, 0.3) is 0 Å². The predicted molar refractivity (Wildman–Crippen MR) is 86.4 cm³/mol. The van der Waals surface area contributed by atoms with Crippen molar-refractivity contribution in [1.82, 2.24) is 15.6 Å². The summed E-state index contributed by atoms with van der Waals surface area (Å²) >= 11 is 0. The molecule has 4 heteroatoms. The zero-order valence-corrected chi connectivity index (χ0v) is 12.8. The molecule has 3 rings (SSSR count). The highest BCUT2D eigenvalue weighted by Crippen LogP contribution is 2.28. The van der Waals surface area contributed by atoms with Crippen LogP contribution >= 0.6 is 0 Å². The summed E-state index contributed by atoms with van der Waals surface area (Å²) in [7, 11) is 0. The Bertz CT molecular complexity index is 625. The van der Waals surface area contributed by atoms with Gasteiger partial charge in [0.05, 0.1) is 18.2 Å². The number of aryl methyl sites for hydroxylation is 1. The summed E-state index contributed by atoms with van der Waals surface area (Å²) in [6.07, 6.45) is 1.74. The molecule has 4 nitrogen and oxygen atoms in total. The SMILES string of the molecule is Cc1ccc([C@@H]2CNC[C@@H]2C(=O)NCc2ccccn2)cc1. The third kappa shape index (κ3) is 3.34. The summed E-state index contributed by atoms with van der Waals surface area (Å²) in [5.74, 6) is 0.317. The van der Waals surface area contributed by atoms with E-state index in [1.807, 2.05) is 18.2 Å². The van der Waals surface area contributed by atoms with Crippen LogP contribution in [0.5, 0.6) is 0 Å². The van der Waals surface area contributed by atoms with Crippen LogP contribution in [-0.2, 0) is 11.3 Å². The molecule has 0 spiro atoms. The molecular formula is C18H21N3O. The number of aromatic nitrogens is 1. The number of rotatable bonds is 4. The van der Waals surface area contributed by atoms with E-state index >= 15 is 0 Å². The summed E-state index contributed by atoms with van der Waals surface area (Å²) in [6.45, 7) is 4.14. The number of carbonyl (C=O) groups is 1. The summed E-state index contributed by atoms with van der Waals surface area (Å²) < 4.78 is 0. The van der Waals surface area contributed by atoms with E-state index in [9.17, 15) is 4.79 Å². The van der Waals surface area contributed by atoms with Crippen molar-refractivity contribution < 1.29 is 4.79 Å². The third-order valence-corrected chi connectivity index (χ3v) is 4.23. The Balaban J connectivity index is 1.65. The molecule has 2 atom stereocenters. The van der Waals surface area contributed by atoms with Gasteiger partial charge in [0.1, 0.15) is 0 Å². The van der Waals surface area contributed by atoms with Gasteiger partial charge < -0.3 is 10.6 Å². The molecular weight excluding hydrogens is 274 g/mol. The first-order valence-electron chi connectivity index (χ1n) is 7.69. The van der Waals surface area contributed by atoms with Crippen molar-refractivity contribution in [2.75, 3.05) is 13.1 Å². The molecule has 0 radical (unpaired) electrons. The molecule has 0 unspecified atom stereocenters. The molecule has 1 saturated heterocycles. The van der Waals surface area contributed by atoms with E-state index < -0.39 is 0 Å². The summed E-state index contributed by atoms with van der Waals surface area (Å²) in [6, 6.07) is 14.2. The Kier molecular flexibility index (Phi) is 4.49. The Labute approximate surface area is 131 Å². The van der Waals surface area contributed by atoms with Crippen LogP contribution in [0.4, 0.5) is 0 Å². The largest absolute Gasteiger partial charge is 0.350 e. The van der Waals surface area contributed by atoms with Gasteiger partial charge in [-0.2, -0.15) is 0 Å². The van der Waals surface area contributed by atoms with Gasteiger partial charge in [0.2, 0.25) is 5.91 Å². The fraction of sp³-hybridized carbons (Fsp3) is 0.333. The van der Waals surface area contributed by atoms with Gasteiger partial charge >= 0.3 is 0 Å². The van der Waals surface area contributed by atoms with Gasteiger partial charge in [0.15, 0.2) is 0 Å². The molecule has 0 saturated carbocycles. The molecule has 0 aliphatic carbocycles. The molecule has 22 heavy (non-hydrogen) atoms. The van der Waals surface area contributed by atoms with Gasteiger partial charge in [0, 0.05) is 25.2 Å². The van der Waals surface area contributed by atoms with E-state index in [4.69, 9.17) is 0 Å². The lowest BCUT2D eigenvalue weighted by atomic mass is 9.88. The van der Waals surface area contributed by atoms with Crippen molar-refractivity contribution in [2.24, 2.45) is 5.92 Å². The maximum atomic E-state index is 12.5. The first-order valence-corrected chi connectivity index (χ1v) is 7.69. The molecule has 0 bridgehead atoms. The summed E-state index contributed by atoms with van der Waals surface area (Å²) in [5, 5.41) is 6.35. The highest BCUT2D eigenvalue weighted by Gasteiger charge is 2.33. The van der Waals surface area contributed by atoms with Gasteiger partial charge in [-0.25, -0.2) is 0 Å². The number of nitrogens with one attached hydrogen (secondary N) is 2. The molecule has 2 N–H and O–H groups in total. The Morgan fingerprint density at radius 1 is 1.23 bits per heavy atom. The lowest BCUT2D eigenvalue weighted by Gasteiger charge is -2.18.